The van der Waals surface area contributed by atoms with Gasteiger partial charge in [0.05, 0.1) is 6.07 Å². The Morgan fingerprint density at radius 1 is 1.64 bits per heavy atom. The molecule has 0 rings (SSSR count). The van der Waals surface area contributed by atoms with E-state index in [9.17, 15) is 10.1 Å². The SMILES string of the molecule is CC(CCCCC#N)[N+](=O)[O-]. The van der Waals surface area contributed by atoms with Crippen LogP contribution in [0.5, 0.6) is 0 Å². The van der Waals surface area contributed by atoms with Crippen molar-refractivity contribution in [3.8, 4) is 6.07 Å². The molecule has 0 aliphatic carbocycles. The van der Waals surface area contributed by atoms with Crippen LogP contribution in [-0.4, -0.2) is 11.0 Å². The predicted octanol–water partition coefficient (Wildman–Crippen LogP) is 1.74. The molecule has 0 saturated heterocycles. The Hall–Kier alpha value is -1.11. The first-order valence-corrected chi connectivity index (χ1v) is 3.69. The number of nitriles is 1. The summed E-state index contributed by atoms with van der Waals surface area (Å²) in [7, 11) is 0. The molecular weight excluding hydrogens is 144 g/mol. The fourth-order valence-electron chi connectivity index (χ4n) is 0.749. The molecule has 0 amide bonds. The molecule has 4 heteroatoms. The lowest BCUT2D eigenvalue weighted by Crippen LogP contribution is -2.14. The van der Waals surface area contributed by atoms with Crippen LogP contribution >= 0.6 is 0 Å². The van der Waals surface area contributed by atoms with Crippen LogP contribution < -0.4 is 0 Å². The van der Waals surface area contributed by atoms with Crippen LogP contribution in [0.4, 0.5) is 0 Å². The summed E-state index contributed by atoms with van der Waals surface area (Å²) in [6, 6.07) is 1.54. The van der Waals surface area contributed by atoms with Gasteiger partial charge >= 0.3 is 0 Å². The topological polar surface area (TPSA) is 66.9 Å². The van der Waals surface area contributed by atoms with Crippen LogP contribution in [0.3, 0.4) is 0 Å². The molecule has 11 heavy (non-hydrogen) atoms. The maximum Gasteiger partial charge on any atom is 0.210 e. The highest BCUT2D eigenvalue weighted by Gasteiger charge is 2.10. The van der Waals surface area contributed by atoms with Crippen molar-refractivity contribution >= 4 is 0 Å². The van der Waals surface area contributed by atoms with Crippen LogP contribution in [-0.2, 0) is 0 Å². The number of hydrogen-bond acceptors (Lipinski definition) is 3. The van der Waals surface area contributed by atoms with E-state index in [2.05, 4.69) is 0 Å². The highest BCUT2D eigenvalue weighted by Crippen LogP contribution is 2.04. The first-order chi connectivity index (χ1) is 5.18. The zero-order valence-electron chi connectivity index (χ0n) is 6.62. The van der Waals surface area contributed by atoms with Gasteiger partial charge in [-0.15, -0.1) is 0 Å². The average molecular weight is 156 g/mol. The van der Waals surface area contributed by atoms with Gasteiger partial charge in [0, 0.05) is 24.7 Å². The molecule has 0 aromatic heterocycles. The highest BCUT2D eigenvalue weighted by atomic mass is 16.6. The lowest BCUT2D eigenvalue weighted by Gasteiger charge is -2.00. The van der Waals surface area contributed by atoms with Gasteiger partial charge in [-0.2, -0.15) is 5.26 Å². The van der Waals surface area contributed by atoms with Crippen LogP contribution in [0.2, 0.25) is 0 Å². The van der Waals surface area contributed by atoms with E-state index in [0.717, 1.165) is 12.8 Å². The summed E-state index contributed by atoms with van der Waals surface area (Å²) >= 11 is 0. The van der Waals surface area contributed by atoms with E-state index in [0.29, 0.717) is 12.8 Å². The third-order valence-corrected chi connectivity index (χ3v) is 1.52. The third kappa shape index (κ3) is 5.34. The molecular formula is C7H12N2O2. The molecule has 0 aliphatic heterocycles. The normalized spacial score (nSPS) is 12.0. The van der Waals surface area contributed by atoms with E-state index < -0.39 is 6.04 Å². The largest absolute Gasteiger partial charge is 0.264 e. The first kappa shape index (κ1) is 9.89. The molecule has 0 saturated carbocycles. The van der Waals surface area contributed by atoms with Gasteiger partial charge in [-0.25, -0.2) is 0 Å². The Kier molecular flexibility index (Phi) is 5.09. The molecule has 0 bridgehead atoms. The highest BCUT2D eigenvalue weighted by molar-refractivity contribution is 4.68. The molecule has 0 aromatic carbocycles. The Morgan fingerprint density at radius 2 is 2.27 bits per heavy atom. The van der Waals surface area contributed by atoms with E-state index in [1.54, 1.807) is 6.92 Å². The van der Waals surface area contributed by atoms with E-state index >= 15 is 0 Å². The van der Waals surface area contributed by atoms with E-state index in [1.165, 1.54) is 0 Å². The minimum Gasteiger partial charge on any atom is -0.264 e. The van der Waals surface area contributed by atoms with Gasteiger partial charge < -0.3 is 0 Å². The summed E-state index contributed by atoms with van der Waals surface area (Å²) in [5.74, 6) is 0. The maximum absolute atomic E-state index is 10.1. The summed E-state index contributed by atoms with van der Waals surface area (Å²) in [6.07, 6.45) is 2.63. The molecule has 1 unspecified atom stereocenters. The summed E-state index contributed by atoms with van der Waals surface area (Å²) in [4.78, 5) is 9.82. The molecule has 0 aliphatic rings. The predicted molar refractivity (Wildman–Crippen MR) is 40.5 cm³/mol. The van der Waals surface area contributed by atoms with Crippen LogP contribution in [0.25, 0.3) is 0 Å². The number of nitrogens with zero attached hydrogens (tertiary/aromatic N) is 2. The number of nitro groups is 1. The number of rotatable bonds is 5. The summed E-state index contributed by atoms with van der Waals surface area (Å²) < 4.78 is 0. The van der Waals surface area contributed by atoms with Crippen molar-refractivity contribution in [2.45, 2.75) is 38.6 Å². The molecule has 0 heterocycles. The maximum atomic E-state index is 10.1. The van der Waals surface area contributed by atoms with Crippen molar-refractivity contribution in [1.82, 2.24) is 0 Å². The van der Waals surface area contributed by atoms with Crippen LogP contribution in [0.15, 0.2) is 0 Å². The molecule has 0 spiro atoms. The van der Waals surface area contributed by atoms with Gasteiger partial charge in [-0.1, -0.05) is 0 Å². The Bertz CT molecular complexity index is 162. The summed E-state index contributed by atoms with van der Waals surface area (Å²) in [5.41, 5.74) is 0. The average Bonchev–Trinajstić information content (AvgIpc) is 1.97. The fourth-order valence-corrected chi connectivity index (χ4v) is 0.749. The smallest absolute Gasteiger partial charge is 0.210 e. The monoisotopic (exact) mass is 156 g/mol. The number of hydrogen-bond donors (Lipinski definition) is 0. The minimum atomic E-state index is -0.464. The zero-order valence-corrected chi connectivity index (χ0v) is 6.62. The second kappa shape index (κ2) is 5.66. The summed E-state index contributed by atoms with van der Waals surface area (Å²) in [5, 5.41) is 18.3. The van der Waals surface area contributed by atoms with Gasteiger partial charge in [-0.05, 0) is 12.8 Å². The molecule has 0 radical (unpaired) electrons. The zero-order chi connectivity index (χ0) is 8.69. The second-order valence-corrected chi connectivity index (χ2v) is 2.54. The quantitative estimate of drug-likeness (QED) is 0.346. The molecule has 0 fully saturated rings. The lowest BCUT2D eigenvalue weighted by atomic mass is 10.1. The van der Waals surface area contributed by atoms with Crippen molar-refractivity contribution in [2.24, 2.45) is 0 Å². The van der Waals surface area contributed by atoms with Crippen molar-refractivity contribution in [2.75, 3.05) is 0 Å². The second-order valence-electron chi connectivity index (χ2n) is 2.54. The van der Waals surface area contributed by atoms with Gasteiger partial charge in [0.25, 0.3) is 0 Å². The van der Waals surface area contributed by atoms with Crippen molar-refractivity contribution < 1.29 is 4.92 Å². The number of unbranched alkanes of at least 4 members (excludes halogenated alkanes) is 2. The first-order valence-electron chi connectivity index (χ1n) is 3.69. The van der Waals surface area contributed by atoms with E-state index in [4.69, 9.17) is 5.26 Å². The molecule has 4 nitrogen and oxygen atoms in total. The Morgan fingerprint density at radius 3 is 2.73 bits per heavy atom. The van der Waals surface area contributed by atoms with Crippen LogP contribution in [0.1, 0.15) is 32.6 Å². The fraction of sp³-hybridized carbons (Fsp3) is 0.857. The van der Waals surface area contributed by atoms with Crippen molar-refractivity contribution in [3.63, 3.8) is 0 Å². The van der Waals surface area contributed by atoms with Gasteiger partial charge in [0.15, 0.2) is 0 Å². The van der Waals surface area contributed by atoms with Crippen molar-refractivity contribution in [3.05, 3.63) is 10.1 Å². The Labute approximate surface area is 66.0 Å². The lowest BCUT2D eigenvalue weighted by molar-refractivity contribution is -0.519. The Balaban J connectivity index is 3.26. The van der Waals surface area contributed by atoms with E-state index in [1.807, 2.05) is 6.07 Å². The van der Waals surface area contributed by atoms with Crippen molar-refractivity contribution in [1.29, 1.82) is 5.26 Å². The summed E-state index contributed by atoms with van der Waals surface area (Å²) in [6.45, 7) is 1.59. The molecule has 62 valence electrons. The molecule has 1 atom stereocenters. The van der Waals surface area contributed by atoms with Gasteiger partial charge in [0.2, 0.25) is 6.04 Å². The van der Waals surface area contributed by atoms with Gasteiger partial charge in [-0.3, -0.25) is 10.1 Å². The minimum absolute atomic E-state index is 0.285. The third-order valence-electron chi connectivity index (χ3n) is 1.52. The standard InChI is InChI=1S/C7H12N2O2/c1-7(9(10)11)5-3-2-4-6-8/h7H,2-5H2,1H3. The molecule has 0 aromatic rings. The van der Waals surface area contributed by atoms with E-state index in [-0.39, 0.29) is 4.92 Å². The van der Waals surface area contributed by atoms with Gasteiger partial charge in [0.1, 0.15) is 0 Å². The molecule has 0 N–H and O–H groups in total. The van der Waals surface area contributed by atoms with Crippen LogP contribution in [0, 0.1) is 21.4 Å².